The zero-order valence-corrected chi connectivity index (χ0v) is 24.6. The average molecular weight is 591 g/mol. The van der Waals surface area contributed by atoms with Crippen LogP contribution in [0.2, 0.25) is 0 Å². The molecule has 0 saturated heterocycles. The lowest BCUT2D eigenvalue weighted by Gasteiger charge is -2.42. The lowest BCUT2D eigenvalue weighted by Crippen LogP contribution is -2.39. The SMILES string of the molecule is O=COCC[C@@]1(C[C@@]2(CCC(=O)O)c3ccccc3-c3nc4ccccc4cc32)c2ccccc2-c2nc3ccccc3cc21. The van der Waals surface area contributed by atoms with E-state index in [4.69, 9.17) is 14.7 Å². The Bertz CT molecular complexity index is 2160. The van der Waals surface area contributed by atoms with Gasteiger partial charge in [-0.2, -0.15) is 0 Å². The fourth-order valence-electron chi connectivity index (χ4n) is 8.09. The topological polar surface area (TPSA) is 89.4 Å². The second-order valence-electron chi connectivity index (χ2n) is 12.2. The summed E-state index contributed by atoms with van der Waals surface area (Å²) in [7, 11) is 0. The Labute approximate surface area is 260 Å². The van der Waals surface area contributed by atoms with E-state index in [1.165, 1.54) is 0 Å². The minimum absolute atomic E-state index is 0.00794. The standard InChI is InChI=1S/C39H30N2O4/c42-24-45-20-19-39(30-14-6-4-12-28(30)37-32(39)22-26-10-2-8-16-34(26)41-37)23-38(18-17-35(43)44)29-13-5-3-11-27(29)36-31(38)21-25-9-1-7-15-33(25)40-36/h1-16,21-22,24H,17-20,23H2,(H,43,44)/t38-,39+/m0/s1. The highest BCUT2D eigenvalue weighted by Crippen LogP contribution is 2.61. The van der Waals surface area contributed by atoms with Crippen LogP contribution in [-0.4, -0.2) is 34.1 Å². The molecule has 0 fully saturated rings. The smallest absolute Gasteiger partial charge is 0.303 e. The van der Waals surface area contributed by atoms with E-state index in [2.05, 4.69) is 54.6 Å². The molecule has 0 aliphatic heterocycles. The van der Waals surface area contributed by atoms with Crippen molar-refractivity contribution in [3.8, 4) is 22.5 Å². The zero-order chi connectivity index (χ0) is 30.6. The van der Waals surface area contributed by atoms with Gasteiger partial charge in [0.25, 0.3) is 6.47 Å². The summed E-state index contributed by atoms with van der Waals surface area (Å²) in [4.78, 5) is 34.2. The monoisotopic (exact) mass is 590 g/mol. The average Bonchev–Trinajstić information content (AvgIpc) is 3.48. The van der Waals surface area contributed by atoms with E-state index in [-0.39, 0.29) is 13.0 Å². The van der Waals surface area contributed by atoms with Gasteiger partial charge in [-0.3, -0.25) is 9.59 Å². The number of para-hydroxylation sites is 2. The van der Waals surface area contributed by atoms with Gasteiger partial charge in [0.15, 0.2) is 0 Å². The van der Waals surface area contributed by atoms with Crippen molar-refractivity contribution >= 4 is 34.2 Å². The van der Waals surface area contributed by atoms with Crippen LogP contribution in [0.5, 0.6) is 0 Å². The van der Waals surface area contributed by atoms with Gasteiger partial charge in [0.1, 0.15) is 0 Å². The molecule has 2 atom stereocenters. The molecule has 6 aromatic rings. The van der Waals surface area contributed by atoms with Crippen LogP contribution in [-0.2, 0) is 25.2 Å². The minimum Gasteiger partial charge on any atom is -0.481 e. The first-order valence-electron chi connectivity index (χ1n) is 15.3. The number of aromatic nitrogens is 2. The molecule has 0 saturated carbocycles. The number of carbonyl (C=O) groups excluding carboxylic acids is 1. The van der Waals surface area contributed by atoms with Crippen molar-refractivity contribution in [3.05, 3.63) is 131 Å². The van der Waals surface area contributed by atoms with Crippen molar-refractivity contribution in [1.29, 1.82) is 0 Å². The maximum absolute atomic E-state index is 12.3. The third-order valence-electron chi connectivity index (χ3n) is 9.96. The molecular weight excluding hydrogens is 560 g/mol. The molecule has 0 radical (unpaired) electrons. The molecule has 220 valence electrons. The van der Waals surface area contributed by atoms with Crippen LogP contribution in [0, 0.1) is 0 Å². The maximum atomic E-state index is 12.3. The Morgan fingerprint density at radius 1 is 0.667 bits per heavy atom. The fourth-order valence-corrected chi connectivity index (χ4v) is 8.09. The van der Waals surface area contributed by atoms with Gasteiger partial charge in [-0.25, -0.2) is 9.97 Å². The highest BCUT2D eigenvalue weighted by Gasteiger charge is 2.53. The summed E-state index contributed by atoms with van der Waals surface area (Å²) in [6.45, 7) is 0.716. The second kappa shape index (κ2) is 10.4. The normalized spacial score (nSPS) is 19.1. The first kappa shape index (κ1) is 27.2. The van der Waals surface area contributed by atoms with Crippen molar-refractivity contribution in [2.75, 3.05) is 6.61 Å². The Morgan fingerprint density at radius 2 is 1.16 bits per heavy atom. The number of carbonyl (C=O) groups is 2. The van der Waals surface area contributed by atoms with Gasteiger partial charge in [0.2, 0.25) is 0 Å². The molecule has 8 rings (SSSR count). The molecule has 0 amide bonds. The van der Waals surface area contributed by atoms with E-state index < -0.39 is 16.8 Å². The summed E-state index contributed by atoms with van der Waals surface area (Å²) in [6.07, 6.45) is 1.46. The Kier molecular flexibility index (Phi) is 6.27. The van der Waals surface area contributed by atoms with Crippen molar-refractivity contribution in [3.63, 3.8) is 0 Å². The molecule has 2 aromatic heterocycles. The number of carboxylic acid groups (broad SMARTS) is 1. The fraction of sp³-hybridized carbons (Fsp3) is 0.179. The molecule has 1 N–H and O–H groups in total. The highest BCUT2D eigenvalue weighted by atomic mass is 16.5. The van der Waals surface area contributed by atoms with Gasteiger partial charge in [0, 0.05) is 39.2 Å². The first-order chi connectivity index (χ1) is 22.0. The molecule has 0 bridgehead atoms. The number of hydrogen-bond acceptors (Lipinski definition) is 5. The predicted octanol–water partition coefficient (Wildman–Crippen LogP) is 7.83. The van der Waals surface area contributed by atoms with Crippen LogP contribution in [0.15, 0.2) is 109 Å². The van der Waals surface area contributed by atoms with E-state index in [1.807, 2.05) is 54.6 Å². The molecule has 45 heavy (non-hydrogen) atoms. The van der Waals surface area contributed by atoms with Crippen molar-refractivity contribution < 1.29 is 19.4 Å². The van der Waals surface area contributed by atoms with Crippen LogP contribution in [0.1, 0.15) is 47.9 Å². The predicted molar refractivity (Wildman–Crippen MR) is 174 cm³/mol. The summed E-state index contributed by atoms with van der Waals surface area (Å²) >= 11 is 0. The van der Waals surface area contributed by atoms with E-state index in [0.29, 0.717) is 25.7 Å². The quantitative estimate of drug-likeness (QED) is 0.136. The largest absolute Gasteiger partial charge is 0.481 e. The summed E-state index contributed by atoms with van der Waals surface area (Å²) in [5, 5.41) is 12.2. The highest BCUT2D eigenvalue weighted by molar-refractivity contribution is 5.91. The molecule has 2 aliphatic carbocycles. The van der Waals surface area contributed by atoms with Crippen molar-refractivity contribution in [2.45, 2.75) is 36.5 Å². The van der Waals surface area contributed by atoms with Gasteiger partial charge >= 0.3 is 5.97 Å². The second-order valence-corrected chi connectivity index (χ2v) is 12.2. The number of benzene rings is 4. The van der Waals surface area contributed by atoms with E-state index in [1.54, 1.807) is 0 Å². The molecule has 6 nitrogen and oxygen atoms in total. The molecule has 0 unspecified atom stereocenters. The maximum Gasteiger partial charge on any atom is 0.303 e. The minimum atomic E-state index is -0.840. The van der Waals surface area contributed by atoms with Gasteiger partial charge in [-0.1, -0.05) is 84.9 Å². The van der Waals surface area contributed by atoms with Crippen molar-refractivity contribution in [1.82, 2.24) is 9.97 Å². The lowest BCUT2D eigenvalue weighted by molar-refractivity contribution is -0.137. The number of hydrogen-bond donors (Lipinski definition) is 1. The van der Waals surface area contributed by atoms with Crippen LogP contribution < -0.4 is 0 Å². The van der Waals surface area contributed by atoms with Crippen molar-refractivity contribution in [2.24, 2.45) is 0 Å². The third-order valence-corrected chi connectivity index (χ3v) is 9.96. The van der Waals surface area contributed by atoms with Crippen LogP contribution in [0.4, 0.5) is 0 Å². The molecular formula is C39H30N2O4. The number of pyridine rings is 2. The Morgan fingerprint density at radius 3 is 1.69 bits per heavy atom. The van der Waals surface area contributed by atoms with E-state index in [0.717, 1.165) is 66.6 Å². The van der Waals surface area contributed by atoms with E-state index >= 15 is 0 Å². The van der Waals surface area contributed by atoms with E-state index in [9.17, 15) is 14.7 Å². The molecule has 6 heteroatoms. The molecule has 0 spiro atoms. The van der Waals surface area contributed by atoms with Gasteiger partial charge in [-0.15, -0.1) is 0 Å². The number of ether oxygens (including phenoxy) is 1. The van der Waals surface area contributed by atoms with Gasteiger partial charge < -0.3 is 9.84 Å². The molecule has 4 aromatic carbocycles. The summed E-state index contributed by atoms with van der Waals surface area (Å²) in [5.41, 5.74) is 8.72. The molecule has 2 aliphatic rings. The molecule has 2 heterocycles. The zero-order valence-electron chi connectivity index (χ0n) is 24.6. The first-order valence-corrected chi connectivity index (χ1v) is 15.3. The van der Waals surface area contributed by atoms with Crippen LogP contribution >= 0.6 is 0 Å². The summed E-state index contributed by atoms with van der Waals surface area (Å²) in [5.74, 6) is -0.840. The van der Waals surface area contributed by atoms with Crippen LogP contribution in [0.3, 0.4) is 0 Å². The third kappa shape index (κ3) is 4.09. The van der Waals surface area contributed by atoms with Gasteiger partial charge in [-0.05, 0) is 65.8 Å². The Balaban J connectivity index is 1.44. The summed E-state index contributed by atoms with van der Waals surface area (Å²) < 4.78 is 5.42. The lowest BCUT2D eigenvalue weighted by atomic mass is 9.60. The van der Waals surface area contributed by atoms with Crippen LogP contribution in [0.25, 0.3) is 44.3 Å². The number of rotatable bonds is 9. The van der Waals surface area contributed by atoms with Gasteiger partial charge in [0.05, 0.1) is 29.0 Å². The summed E-state index contributed by atoms with van der Waals surface area (Å²) in [6, 6.07) is 37.3. The Hall–Kier alpha value is -5.36. The number of carboxylic acids is 1. The number of fused-ring (bicyclic) bond motifs is 8. The number of nitrogens with zero attached hydrogens (tertiary/aromatic N) is 2. The number of aliphatic carboxylic acids is 1.